The number of hydrogen-bond acceptors (Lipinski definition) is 3. The van der Waals surface area contributed by atoms with Crippen molar-refractivity contribution in [1.82, 2.24) is 14.8 Å². The minimum absolute atomic E-state index is 0.334. The van der Waals surface area contributed by atoms with Gasteiger partial charge in [-0.3, -0.25) is 4.68 Å². The molecule has 2 unspecified atom stereocenters. The lowest BCUT2D eigenvalue weighted by Crippen LogP contribution is -2.22. The van der Waals surface area contributed by atoms with Crippen LogP contribution >= 0.6 is 0 Å². The van der Waals surface area contributed by atoms with Crippen LogP contribution in [0.15, 0.2) is 6.33 Å². The number of aryl methyl sites for hydroxylation is 1. The molecule has 2 N–H and O–H groups in total. The van der Waals surface area contributed by atoms with Crippen molar-refractivity contribution in [3.63, 3.8) is 0 Å². The fourth-order valence-corrected chi connectivity index (χ4v) is 2.39. The van der Waals surface area contributed by atoms with Crippen molar-refractivity contribution in [2.24, 2.45) is 18.2 Å². The second kappa shape index (κ2) is 3.35. The van der Waals surface area contributed by atoms with Crippen LogP contribution in [0.1, 0.15) is 32.0 Å². The minimum Gasteiger partial charge on any atom is -0.328 e. The molecule has 0 saturated heterocycles. The first-order chi connectivity index (χ1) is 6.59. The molecule has 4 heteroatoms. The van der Waals surface area contributed by atoms with Crippen LogP contribution in [0.4, 0.5) is 0 Å². The van der Waals surface area contributed by atoms with Gasteiger partial charge in [-0.15, -0.1) is 0 Å². The summed E-state index contributed by atoms with van der Waals surface area (Å²) >= 11 is 0. The van der Waals surface area contributed by atoms with Gasteiger partial charge in [-0.2, -0.15) is 5.10 Å². The third kappa shape index (κ3) is 1.80. The van der Waals surface area contributed by atoms with Gasteiger partial charge in [0.15, 0.2) is 0 Å². The van der Waals surface area contributed by atoms with E-state index < -0.39 is 0 Å². The first-order valence-corrected chi connectivity index (χ1v) is 5.17. The van der Waals surface area contributed by atoms with E-state index in [1.165, 1.54) is 6.42 Å². The fourth-order valence-electron chi connectivity index (χ4n) is 2.39. The summed E-state index contributed by atoms with van der Waals surface area (Å²) in [5, 5.41) is 4.08. The molecular formula is C10H18N4. The Bertz CT molecular complexity index is 320. The molecule has 4 nitrogen and oxygen atoms in total. The maximum atomic E-state index is 5.93. The van der Waals surface area contributed by atoms with Crippen molar-refractivity contribution in [2.45, 2.75) is 38.6 Å². The van der Waals surface area contributed by atoms with Crippen LogP contribution < -0.4 is 5.73 Å². The summed E-state index contributed by atoms with van der Waals surface area (Å²) in [6, 6.07) is 0.383. The molecule has 2 rings (SSSR count). The largest absolute Gasteiger partial charge is 0.328 e. The lowest BCUT2D eigenvalue weighted by Gasteiger charge is -2.22. The third-order valence-electron chi connectivity index (χ3n) is 3.26. The fraction of sp³-hybridized carbons (Fsp3) is 0.800. The van der Waals surface area contributed by atoms with Gasteiger partial charge in [0.25, 0.3) is 0 Å². The molecule has 0 aliphatic heterocycles. The highest BCUT2D eigenvalue weighted by molar-refractivity contribution is 4.96. The van der Waals surface area contributed by atoms with E-state index >= 15 is 0 Å². The Balaban J connectivity index is 2.07. The van der Waals surface area contributed by atoms with E-state index in [1.807, 2.05) is 11.7 Å². The predicted molar refractivity (Wildman–Crippen MR) is 54.6 cm³/mol. The molecule has 0 radical (unpaired) electrons. The highest BCUT2D eigenvalue weighted by atomic mass is 15.3. The van der Waals surface area contributed by atoms with Gasteiger partial charge >= 0.3 is 0 Å². The van der Waals surface area contributed by atoms with Crippen LogP contribution in [-0.2, 0) is 13.5 Å². The zero-order chi connectivity index (χ0) is 10.2. The summed E-state index contributed by atoms with van der Waals surface area (Å²) in [6.07, 6.45) is 6.08. The number of rotatable bonds is 2. The van der Waals surface area contributed by atoms with Crippen LogP contribution in [0.3, 0.4) is 0 Å². The second-order valence-corrected chi connectivity index (χ2v) is 4.79. The standard InChI is InChI=1S/C10H18N4/c1-10(4-3-8(11)5-10)6-9-12-7-13-14(9)2/h7-8H,3-6,11H2,1-2H3. The monoisotopic (exact) mass is 194 g/mol. The van der Waals surface area contributed by atoms with Crippen molar-refractivity contribution in [2.75, 3.05) is 0 Å². The molecule has 78 valence electrons. The van der Waals surface area contributed by atoms with Crippen LogP contribution in [0, 0.1) is 5.41 Å². The summed E-state index contributed by atoms with van der Waals surface area (Å²) in [5.41, 5.74) is 6.27. The van der Waals surface area contributed by atoms with Gasteiger partial charge in [0, 0.05) is 19.5 Å². The van der Waals surface area contributed by atoms with Gasteiger partial charge in [0.05, 0.1) is 0 Å². The molecule has 0 aromatic carbocycles. The highest BCUT2D eigenvalue weighted by Crippen LogP contribution is 2.39. The van der Waals surface area contributed by atoms with E-state index in [0.717, 1.165) is 25.1 Å². The predicted octanol–water partition coefficient (Wildman–Crippen LogP) is 0.875. The first-order valence-electron chi connectivity index (χ1n) is 5.17. The number of hydrogen-bond donors (Lipinski definition) is 1. The summed E-state index contributed by atoms with van der Waals surface area (Å²) in [7, 11) is 1.95. The second-order valence-electron chi connectivity index (χ2n) is 4.79. The summed E-state index contributed by atoms with van der Waals surface area (Å²) < 4.78 is 1.86. The molecule has 1 aliphatic carbocycles. The number of nitrogens with zero attached hydrogens (tertiary/aromatic N) is 3. The van der Waals surface area contributed by atoms with Crippen LogP contribution in [-0.4, -0.2) is 20.8 Å². The van der Waals surface area contributed by atoms with Gasteiger partial charge in [0.2, 0.25) is 0 Å². The summed E-state index contributed by atoms with van der Waals surface area (Å²) in [6.45, 7) is 2.30. The van der Waals surface area contributed by atoms with Crippen LogP contribution in [0.2, 0.25) is 0 Å². The molecule has 1 heterocycles. The van der Waals surface area contributed by atoms with Crippen LogP contribution in [0.5, 0.6) is 0 Å². The molecule has 0 amide bonds. The lowest BCUT2D eigenvalue weighted by molar-refractivity contribution is 0.317. The SMILES string of the molecule is Cn1ncnc1CC1(C)CCC(N)C1. The Kier molecular flexibility index (Phi) is 2.31. The van der Waals surface area contributed by atoms with Crippen molar-refractivity contribution in [3.05, 3.63) is 12.2 Å². The van der Waals surface area contributed by atoms with E-state index in [4.69, 9.17) is 5.73 Å². The lowest BCUT2D eigenvalue weighted by atomic mass is 9.84. The Morgan fingerprint density at radius 3 is 3.00 bits per heavy atom. The first kappa shape index (κ1) is 9.65. The summed E-state index contributed by atoms with van der Waals surface area (Å²) in [4.78, 5) is 4.26. The third-order valence-corrected chi connectivity index (χ3v) is 3.26. The molecule has 0 bridgehead atoms. The highest BCUT2D eigenvalue weighted by Gasteiger charge is 2.34. The smallest absolute Gasteiger partial charge is 0.138 e. The molecule has 14 heavy (non-hydrogen) atoms. The molecular weight excluding hydrogens is 176 g/mol. The molecule has 1 aliphatic rings. The van der Waals surface area contributed by atoms with Crippen molar-refractivity contribution >= 4 is 0 Å². The molecule has 1 fully saturated rings. The number of aromatic nitrogens is 3. The molecule has 0 spiro atoms. The maximum Gasteiger partial charge on any atom is 0.138 e. The Morgan fingerprint density at radius 2 is 2.50 bits per heavy atom. The van der Waals surface area contributed by atoms with Gasteiger partial charge in [-0.05, 0) is 24.7 Å². The van der Waals surface area contributed by atoms with Crippen molar-refractivity contribution < 1.29 is 0 Å². The zero-order valence-corrected chi connectivity index (χ0v) is 8.90. The van der Waals surface area contributed by atoms with Gasteiger partial charge in [0.1, 0.15) is 12.2 Å². The van der Waals surface area contributed by atoms with E-state index in [1.54, 1.807) is 6.33 Å². The minimum atomic E-state index is 0.334. The van der Waals surface area contributed by atoms with E-state index in [2.05, 4.69) is 17.0 Å². The Morgan fingerprint density at radius 1 is 1.71 bits per heavy atom. The molecule has 1 aromatic heterocycles. The maximum absolute atomic E-state index is 5.93. The molecule has 2 atom stereocenters. The van der Waals surface area contributed by atoms with E-state index in [0.29, 0.717) is 11.5 Å². The molecule has 1 aromatic rings. The topological polar surface area (TPSA) is 56.7 Å². The average Bonchev–Trinajstić information content (AvgIpc) is 2.62. The van der Waals surface area contributed by atoms with Gasteiger partial charge in [-0.1, -0.05) is 6.92 Å². The van der Waals surface area contributed by atoms with Gasteiger partial charge < -0.3 is 5.73 Å². The van der Waals surface area contributed by atoms with Gasteiger partial charge in [-0.25, -0.2) is 4.98 Å². The Labute approximate surface area is 84.5 Å². The number of nitrogens with two attached hydrogens (primary N) is 1. The van der Waals surface area contributed by atoms with E-state index in [9.17, 15) is 0 Å². The average molecular weight is 194 g/mol. The summed E-state index contributed by atoms with van der Waals surface area (Å²) in [5.74, 6) is 1.07. The Hall–Kier alpha value is -0.900. The zero-order valence-electron chi connectivity index (χ0n) is 8.90. The quantitative estimate of drug-likeness (QED) is 0.760. The normalized spacial score (nSPS) is 32.4. The van der Waals surface area contributed by atoms with Crippen molar-refractivity contribution in [1.29, 1.82) is 0 Å². The molecule has 1 saturated carbocycles. The van der Waals surface area contributed by atoms with Crippen LogP contribution in [0.25, 0.3) is 0 Å². The van der Waals surface area contributed by atoms with Crippen molar-refractivity contribution in [3.8, 4) is 0 Å². The van der Waals surface area contributed by atoms with E-state index in [-0.39, 0.29) is 0 Å².